The normalized spacial score (nSPS) is 9.91. The molecule has 6 heterocycles. The molecule has 0 unspecified atom stereocenters. The molecule has 19 heteroatoms. The molecular formula is C26H28N10O6SZn2. The van der Waals surface area contributed by atoms with Gasteiger partial charge < -0.3 is 40.5 Å². The molecular weight excluding hydrogens is 711 g/mol. The van der Waals surface area contributed by atoms with Gasteiger partial charge >= 0.3 is 39.0 Å². The largest absolute Gasteiger partial charge is 2.00 e. The zero-order chi connectivity index (χ0) is 29.6. The van der Waals surface area contributed by atoms with E-state index in [4.69, 9.17) is 17.5 Å². The van der Waals surface area contributed by atoms with Crippen molar-refractivity contribution in [3.8, 4) is 45.6 Å². The van der Waals surface area contributed by atoms with Crippen molar-refractivity contribution in [1.82, 2.24) is 50.8 Å². The molecule has 0 saturated carbocycles. The average molecular weight is 739 g/mol. The Morgan fingerprint density at radius 3 is 1.44 bits per heavy atom. The molecule has 0 radical (unpaired) electrons. The number of aryl methyl sites for hydroxylation is 4. The summed E-state index contributed by atoms with van der Waals surface area (Å²) in [5, 5.41) is 30.4. The summed E-state index contributed by atoms with van der Waals surface area (Å²) < 4.78 is 34.1. The van der Waals surface area contributed by atoms with Crippen molar-refractivity contribution in [3.05, 3.63) is 83.4 Å². The van der Waals surface area contributed by atoms with E-state index >= 15 is 0 Å². The molecule has 0 saturated heterocycles. The van der Waals surface area contributed by atoms with E-state index in [0.717, 1.165) is 68.3 Å². The Morgan fingerprint density at radius 1 is 0.622 bits per heavy atom. The third-order valence-electron chi connectivity index (χ3n) is 5.28. The summed E-state index contributed by atoms with van der Waals surface area (Å²) in [5.74, 6) is 0. The van der Waals surface area contributed by atoms with Crippen LogP contribution in [0.1, 0.15) is 22.8 Å². The number of aromatic amines is 2. The Bertz CT molecular complexity index is 1630. The summed E-state index contributed by atoms with van der Waals surface area (Å²) in [6.45, 7) is 7.76. The molecule has 16 nitrogen and oxygen atoms in total. The summed E-state index contributed by atoms with van der Waals surface area (Å²) in [6, 6.07) is 19.4. The maximum absolute atomic E-state index is 8.52. The van der Waals surface area contributed by atoms with Crippen LogP contribution < -0.4 is 10.2 Å². The molecule has 6 aromatic rings. The predicted molar refractivity (Wildman–Crippen MR) is 153 cm³/mol. The first-order valence-electron chi connectivity index (χ1n) is 12.0. The van der Waals surface area contributed by atoms with Crippen LogP contribution in [0.3, 0.4) is 0 Å². The van der Waals surface area contributed by atoms with E-state index in [1.807, 2.05) is 88.4 Å². The van der Waals surface area contributed by atoms with E-state index in [9.17, 15) is 0 Å². The van der Waals surface area contributed by atoms with Crippen LogP contribution in [-0.4, -0.2) is 69.0 Å². The quantitative estimate of drug-likeness (QED) is 0.147. The maximum Gasteiger partial charge on any atom is 2.00 e. The van der Waals surface area contributed by atoms with Crippen LogP contribution in [0.5, 0.6) is 0 Å². The fraction of sp³-hybridized carbons (Fsp3) is 0.154. The van der Waals surface area contributed by atoms with E-state index in [0.29, 0.717) is 0 Å². The summed E-state index contributed by atoms with van der Waals surface area (Å²) >= 11 is 0. The Balaban J connectivity index is 0.000000696. The molecule has 0 atom stereocenters. The predicted octanol–water partition coefficient (Wildman–Crippen LogP) is 1.22. The van der Waals surface area contributed by atoms with Crippen molar-refractivity contribution < 1.29 is 67.4 Å². The number of nitrogens with zero attached hydrogens (tertiary/aromatic N) is 8. The molecule has 0 bridgehead atoms. The van der Waals surface area contributed by atoms with Crippen molar-refractivity contribution in [2.75, 3.05) is 0 Å². The van der Waals surface area contributed by atoms with Crippen molar-refractivity contribution in [2.24, 2.45) is 0 Å². The van der Waals surface area contributed by atoms with E-state index in [2.05, 4.69) is 50.8 Å². The van der Waals surface area contributed by atoms with Gasteiger partial charge in [0.25, 0.3) is 0 Å². The minimum absolute atomic E-state index is 0. The van der Waals surface area contributed by atoms with Crippen molar-refractivity contribution in [3.63, 3.8) is 0 Å². The molecule has 45 heavy (non-hydrogen) atoms. The second kappa shape index (κ2) is 18.2. The molecule has 228 valence electrons. The second-order valence-electron chi connectivity index (χ2n) is 8.84. The molecule has 0 aromatic carbocycles. The maximum atomic E-state index is 8.52. The van der Waals surface area contributed by atoms with Crippen LogP contribution in [0, 0.1) is 27.7 Å². The molecule has 6 rings (SSSR count). The Labute approximate surface area is 284 Å². The fourth-order valence-electron chi connectivity index (χ4n) is 3.57. The topological polar surface area (TPSA) is 280 Å². The van der Waals surface area contributed by atoms with Crippen molar-refractivity contribution >= 4 is 10.4 Å². The smallest absolute Gasteiger partial charge is 0.759 e. The molecule has 6 aromatic heterocycles. The Morgan fingerprint density at radius 2 is 1.07 bits per heavy atom. The number of aromatic nitrogens is 10. The van der Waals surface area contributed by atoms with Crippen molar-refractivity contribution in [2.45, 2.75) is 27.7 Å². The number of rotatable bonds is 4. The average Bonchev–Trinajstić information content (AvgIpc) is 3.73. The summed E-state index contributed by atoms with van der Waals surface area (Å²) in [5.41, 5.74) is 10.4. The van der Waals surface area contributed by atoms with Crippen LogP contribution >= 0.6 is 0 Å². The molecule has 6 N–H and O–H groups in total. The number of hydrogen-bond donors (Lipinski definition) is 2. The van der Waals surface area contributed by atoms with Gasteiger partial charge in [0.15, 0.2) is 0 Å². The van der Waals surface area contributed by atoms with Gasteiger partial charge in [-0.15, -0.1) is 5.69 Å². The second-order valence-corrected chi connectivity index (χ2v) is 9.66. The molecule has 0 aliphatic carbocycles. The van der Waals surface area contributed by atoms with Crippen LogP contribution in [0.15, 0.2) is 60.7 Å². The van der Waals surface area contributed by atoms with Gasteiger partial charge in [-0.25, -0.2) is 9.97 Å². The molecule has 0 aliphatic heterocycles. The van der Waals surface area contributed by atoms with Gasteiger partial charge in [-0.3, -0.25) is 18.6 Å². The molecule has 0 aliphatic rings. The van der Waals surface area contributed by atoms with Gasteiger partial charge in [0.1, 0.15) is 11.4 Å². The number of nitrogens with one attached hydrogen (secondary N) is 2. The molecule has 0 fully saturated rings. The molecule has 0 spiro atoms. The van der Waals surface area contributed by atoms with Crippen molar-refractivity contribution in [1.29, 1.82) is 0 Å². The van der Waals surface area contributed by atoms with Gasteiger partial charge in [0.05, 0.1) is 28.5 Å². The van der Waals surface area contributed by atoms with Crippen LogP contribution in [0.4, 0.5) is 0 Å². The van der Waals surface area contributed by atoms with E-state index in [-0.39, 0.29) is 49.9 Å². The Hall–Kier alpha value is -3.82. The third kappa shape index (κ3) is 12.6. The van der Waals surface area contributed by atoms with Gasteiger partial charge in [0, 0.05) is 27.5 Å². The first-order chi connectivity index (χ1) is 19.4. The van der Waals surface area contributed by atoms with Gasteiger partial charge in [-0.1, -0.05) is 36.9 Å². The zero-order valence-electron chi connectivity index (χ0n) is 24.8. The minimum atomic E-state index is -5.17. The van der Waals surface area contributed by atoms with Crippen LogP contribution in [0.25, 0.3) is 45.6 Å². The summed E-state index contributed by atoms with van der Waals surface area (Å²) in [6.07, 6.45) is 0. The first-order valence-corrected chi connectivity index (χ1v) is 13.4. The van der Waals surface area contributed by atoms with Crippen LogP contribution in [-0.2, 0) is 49.4 Å². The number of hydrogen-bond acceptors (Lipinski definition) is 10. The van der Waals surface area contributed by atoms with E-state index in [1.165, 1.54) is 0 Å². The van der Waals surface area contributed by atoms with Crippen LogP contribution in [0.2, 0.25) is 0 Å². The Kier molecular flexibility index (Phi) is 16.7. The monoisotopic (exact) mass is 736 g/mol. The first kappa shape index (κ1) is 41.2. The van der Waals surface area contributed by atoms with Gasteiger partial charge in [-0.05, 0) is 57.2 Å². The fourth-order valence-corrected chi connectivity index (χ4v) is 3.57. The summed E-state index contributed by atoms with van der Waals surface area (Å²) in [7, 11) is -5.17. The van der Waals surface area contributed by atoms with E-state index in [1.54, 1.807) is 0 Å². The number of pyridine rings is 2. The minimum Gasteiger partial charge on any atom is -0.759 e. The summed E-state index contributed by atoms with van der Waals surface area (Å²) in [4.78, 5) is 9.11. The van der Waals surface area contributed by atoms with E-state index < -0.39 is 10.4 Å². The zero-order valence-corrected chi connectivity index (χ0v) is 31.6. The number of H-pyrrole nitrogens is 2. The standard InChI is InChI=1S/2C13H12N5.H2O4S.2H2O.2Zn/c2*1-8-6-12(17-15-8)10-4-3-5-11(14-10)13-7-9(2)16-18-13;1-5(2,3)4;;;;/h2*3-7H,1-2H3,(H-,15,16,17,18);(H2,1,2,3,4);2*1H2;;/q2*-1;;;;2*+2/p-2. The van der Waals surface area contributed by atoms with Gasteiger partial charge in [0.2, 0.25) is 0 Å². The third-order valence-corrected chi connectivity index (χ3v) is 5.28. The molecule has 0 amide bonds. The SMILES string of the molecule is Cc1cc(-c2cccc(-c3cc(C)[nH]n3)n2)[n-]n1.Cc1cc(-c2cccc(-c3cc(C)[nH]n3)n2)n[n-]1.O.O.O=S(=O)([O-])[O-].[Zn+2].[Zn+2]. The van der Waals surface area contributed by atoms with Gasteiger partial charge in [-0.2, -0.15) is 10.2 Å².